The molecule has 7 heteroatoms. The van der Waals surface area contributed by atoms with Crippen LogP contribution in [0, 0.1) is 11.6 Å². The third-order valence-corrected chi connectivity index (χ3v) is 3.34. The number of carbonyl (C=O) groups is 1. The molecule has 0 heterocycles. The molecular weight excluding hydrogens is 354 g/mol. The van der Waals surface area contributed by atoms with E-state index in [1.807, 2.05) is 0 Å². The van der Waals surface area contributed by atoms with Gasteiger partial charge < -0.3 is 11.1 Å². The first-order valence-electron chi connectivity index (χ1n) is 5.39. The fourth-order valence-electron chi connectivity index (χ4n) is 1.50. The van der Waals surface area contributed by atoms with E-state index in [1.165, 1.54) is 0 Å². The lowest BCUT2D eigenvalue weighted by molar-refractivity contribution is 0.102. The van der Waals surface area contributed by atoms with E-state index in [4.69, 9.17) is 17.3 Å². The van der Waals surface area contributed by atoms with E-state index in [1.54, 1.807) is 18.2 Å². The summed E-state index contributed by atoms with van der Waals surface area (Å²) in [5.41, 5.74) is 4.65. The smallest absolute Gasteiger partial charge is 0.255 e. The Morgan fingerprint density at radius 2 is 1.80 bits per heavy atom. The number of hydrogen-bond acceptors (Lipinski definition) is 2. The number of amides is 1. The highest BCUT2D eigenvalue weighted by Gasteiger charge is 2.14. The van der Waals surface area contributed by atoms with Crippen molar-refractivity contribution in [3.8, 4) is 0 Å². The Morgan fingerprint density at radius 3 is 2.40 bits per heavy atom. The first-order valence-corrected chi connectivity index (χ1v) is 6.56. The molecule has 3 nitrogen and oxygen atoms in total. The van der Waals surface area contributed by atoms with Crippen molar-refractivity contribution in [1.29, 1.82) is 0 Å². The van der Waals surface area contributed by atoms with Gasteiger partial charge >= 0.3 is 0 Å². The molecule has 0 spiro atoms. The molecule has 0 bridgehead atoms. The van der Waals surface area contributed by atoms with Crippen LogP contribution in [-0.2, 0) is 0 Å². The predicted molar refractivity (Wildman–Crippen MR) is 77.9 cm³/mol. The highest BCUT2D eigenvalue weighted by atomic mass is 79.9. The van der Waals surface area contributed by atoms with E-state index < -0.39 is 23.2 Å². The molecule has 0 aromatic heterocycles. The van der Waals surface area contributed by atoms with Crippen molar-refractivity contribution in [3.63, 3.8) is 0 Å². The number of anilines is 2. The van der Waals surface area contributed by atoms with Gasteiger partial charge in [0.05, 0.1) is 10.7 Å². The zero-order chi connectivity index (χ0) is 14.9. The van der Waals surface area contributed by atoms with Gasteiger partial charge in [0.1, 0.15) is 17.3 Å². The summed E-state index contributed by atoms with van der Waals surface area (Å²) in [5, 5.41) is 2.77. The number of rotatable bonds is 2. The molecule has 0 radical (unpaired) electrons. The zero-order valence-electron chi connectivity index (χ0n) is 9.88. The van der Waals surface area contributed by atoms with Crippen LogP contribution >= 0.6 is 27.5 Å². The maximum absolute atomic E-state index is 13.3. The van der Waals surface area contributed by atoms with Crippen LogP contribution in [0.4, 0.5) is 20.2 Å². The highest BCUT2D eigenvalue weighted by Crippen LogP contribution is 2.26. The molecule has 2 aromatic rings. The fourth-order valence-corrected chi connectivity index (χ4v) is 2.03. The molecule has 0 fully saturated rings. The predicted octanol–water partition coefficient (Wildman–Crippen LogP) is 4.22. The lowest BCUT2D eigenvalue weighted by Crippen LogP contribution is -2.13. The summed E-state index contributed by atoms with van der Waals surface area (Å²) in [7, 11) is 0. The molecule has 0 saturated carbocycles. The molecule has 104 valence electrons. The van der Waals surface area contributed by atoms with E-state index in [2.05, 4.69) is 21.2 Å². The number of benzene rings is 2. The Labute approximate surface area is 126 Å². The summed E-state index contributed by atoms with van der Waals surface area (Å²) in [4.78, 5) is 11.9. The molecule has 2 rings (SSSR count). The van der Waals surface area contributed by atoms with E-state index in [9.17, 15) is 13.6 Å². The molecule has 1 amide bonds. The first kappa shape index (κ1) is 14.7. The van der Waals surface area contributed by atoms with Gasteiger partial charge in [-0.15, -0.1) is 0 Å². The van der Waals surface area contributed by atoms with E-state index in [0.29, 0.717) is 15.2 Å². The molecule has 2 aromatic carbocycles. The van der Waals surface area contributed by atoms with E-state index in [0.717, 1.165) is 12.1 Å². The van der Waals surface area contributed by atoms with Gasteiger partial charge in [-0.05, 0) is 30.3 Å². The summed E-state index contributed by atoms with van der Waals surface area (Å²) in [6, 6.07) is 6.56. The number of nitrogen functional groups attached to an aromatic ring is 1. The van der Waals surface area contributed by atoms with Crippen molar-refractivity contribution in [2.75, 3.05) is 11.1 Å². The van der Waals surface area contributed by atoms with Gasteiger partial charge in [0.15, 0.2) is 0 Å². The Hall–Kier alpha value is -1.66. The third kappa shape index (κ3) is 3.08. The fraction of sp³-hybridized carbons (Fsp3) is 0. The van der Waals surface area contributed by atoms with Gasteiger partial charge in [-0.3, -0.25) is 4.79 Å². The monoisotopic (exact) mass is 360 g/mol. The van der Waals surface area contributed by atoms with E-state index in [-0.39, 0.29) is 5.56 Å². The van der Waals surface area contributed by atoms with Gasteiger partial charge in [-0.1, -0.05) is 27.5 Å². The average Bonchev–Trinajstić information content (AvgIpc) is 2.39. The Morgan fingerprint density at radius 1 is 1.20 bits per heavy atom. The maximum atomic E-state index is 13.3. The van der Waals surface area contributed by atoms with Crippen molar-refractivity contribution in [3.05, 3.63) is 57.0 Å². The van der Waals surface area contributed by atoms with Crippen molar-refractivity contribution in [1.82, 2.24) is 0 Å². The van der Waals surface area contributed by atoms with Crippen molar-refractivity contribution in [2.45, 2.75) is 0 Å². The Bertz CT molecular complexity index is 671. The van der Waals surface area contributed by atoms with Crippen LogP contribution < -0.4 is 11.1 Å². The van der Waals surface area contributed by atoms with Gasteiger partial charge in [0.25, 0.3) is 5.91 Å². The summed E-state index contributed by atoms with van der Waals surface area (Å²) in [6.07, 6.45) is 0. The van der Waals surface area contributed by atoms with Crippen LogP contribution in [0.3, 0.4) is 0 Å². The topological polar surface area (TPSA) is 55.1 Å². The molecule has 0 aliphatic heterocycles. The first-order chi connectivity index (χ1) is 9.38. The second kappa shape index (κ2) is 5.76. The summed E-state index contributed by atoms with van der Waals surface area (Å²) in [5.74, 6) is -2.67. The standard InChI is InChI=1S/C13H8BrClF2N2O/c14-7-1-2-8(15)11(5-7)19-13(20)6-3-9(16)12(18)10(17)4-6/h1-5H,18H2,(H,19,20). The second-order valence-electron chi connectivity index (χ2n) is 3.93. The Kier molecular flexibility index (Phi) is 4.25. The van der Waals surface area contributed by atoms with Crippen molar-refractivity contribution >= 4 is 44.8 Å². The highest BCUT2D eigenvalue weighted by molar-refractivity contribution is 9.10. The largest absolute Gasteiger partial charge is 0.394 e. The van der Waals surface area contributed by atoms with Crippen molar-refractivity contribution in [2.24, 2.45) is 0 Å². The summed E-state index contributed by atoms with van der Waals surface area (Å²) in [6.45, 7) is 0. The average molecular weight is 362 g/mol. The minimum absolute atomic E-state index is 0.190. The Balaban J connectivity index is 2.31. The minimum atomic E-state index is -0.990. The minimum Gasteiger partial charge on any atom is -0.394 e. The maximum Gasteiger partial charge on any atom is 0.255 e. The molecule has 0 unspecified atom stereocenters. The normalized spacial score (nSPS) is 10.4. The summed E-state index contributed by atoms with van der Waals surface area (Å²) >= 11 is 9.14. The third-order valence-electron chi connectivity index (χ3n) is 2.52. The molecule has 0 saturated heterocycles. The van der Waals surface area contributed by atoms with E-state index >= 15 is 0 Å². The number of halogens is 4. The van der Waals surface area contributed by atoms with Crippen LogP contribution in [0.2, 0.25) is 5.02 Å². The van der Waals surface area contributed by atoms with Crippen LogP contribution in [0.5, 0.6) is 0 Å². The number of carbonyl (C=O) groups excluding carboxylic acids is 1. The number of nitrogens with two attached hydrogens (primary N) is 1. The van der Waals surface area contributed by atoms with Crippen LogP contribution in [0.1, 0.15) is 10.4 Å². The molecule has 3 N–H and O–H groups in total. The van der Waals surface area contributed by atoms with Gasteiger partial charge in [-0.2, -0.15) is 0 Å². The van der Waals surface area contributed by atoms with Gasteiger partial charge in [0.2, 0.25) is 0 Å². The lowest BCUT2D eigenvalue weighted by atomic mass is 10.1. The zero-order valence-corrected chi connectivity index (χ0v) is 12.2. The molecular formula is C13H8BrClF2N2O. The quantitative estimate of drug-likeness (QED) is 0.787. The second-order valence-corrected chi connectivity index (χ2v) is 5.25. The molecule has 0 aliphatic rings. The molecule has 0 aliphatic carbocycles. The molecule has 20 heavy (non-hydrogen) atoms. The lowest BCUT2D eigenvalue weighted by Gasteiger charge is -2.09. The van der Waals surface area contributed by atoms with Gasteiger partial charge in [-0.25, -0.2) is 8.78 Å². The SMILES string of the molecule is Nc1c(F)cc(C(=O)Nc2cc(Br)ccc2Cl)cc1F. The van der Waals surface area contributed by atoms with Gasteiger partial charge in [0, 0.05) is 10.0 Å². The van der Waals surface area contributed by atoms with Crippen LogP contribution in [0.25, 0.3) is 0 Å². The number of nitrogens with one attached hydrogen (secondary N) is 1. The number of hydrogen-bond donors (Lipinski definition) is 2. The van der Waals surface area contributed by atoms with Crippen molar-refractivity contribution < 1.29 is 13.6 Å². The summed E-state index contributed by atoms with van der Waals surface area (Å²) < 4.78 is 27.3. The van der Waals surface area contributed by atoms with Crippen LogP contribution in [-0.4, -0.2) is 5.91 Å². The van der Waals surface area contributed by atoms with Crippen LogP contribution in [0.15, 0.2) is 34.8 Å². The molecule has 0 atom stereocenters.